The van der Waals surface area contributed by atoms with Crippen molar-refractivity contribution < 1.29 is 8.81 Å². The predicted octanol–water partition coefficient (Wildman–Crippen LogP) is 5.22. The predicted molar refractivity (Wildman–Crippen MR) is 117 cm³/mol. The van der Waals surface area contributed by atoms with Gasteiger partial charge in [0, 0.05) is 34.2 Å². The van der Waals surface area contributed by atoms with Gasteiger partial charge in [-0.3, -0.25) is 10.1 Å². The molecule has 3 N–H and O–H groups in total. The van der Waals surface area contributed by atoms with Gasteiger partial charge < -0.3 is 14.7 Å². The third-order valence-electron chi connectivity index (χ3n) is 4.50. The number of nitrogens with one attached hydrogen (secondary N) is 3. The van der Waals surface area contributed by atoms with Gasteiger partial charge in [0.2, 0.25) is 6.39 Å². The number of benzene rings is 1. The van der Waals surface area contributed by atoms with Gasteiger partial charge in [-0.1, -0.05) is 30.5 Å². The molecule has 0 bridgehead atoms. The average Bonchev–Trinajstić information content (AvgIpc) is 3.24. The highest BCUT2D eigenvalue weighted by atomic mass is 35.5. The van der Waals surface area contributed by atoms with Crippen LogP contribution in [0.4, 0.5) is 27.6 Å². The van der Waals surface area contributed by atoms with Crippen molar-refractivity contribution in [3.63, 3.8) is 0 Å². The van der Waals surface area contributed by atoms with Crippen LogP contribution >= 0.6 is 11.6 Å². The number of aromatic nitrogens is 4. The van der Waals surface area contributed by atoms with E-state index in [0.29, 0.717) is 27.9 Å². The van der Waals surface area contributed by atoms with E-state index in [9.17, 15) is 9.18 Å². The van der Waals surface area contributed by atoms with Gasteiger partial charge in [-0.25, -0.2) is 9.37 Å². The fraction of sp³-hybridized carbons (Fsp3) is 0.143. The number of halogens is 2. The maximum atomic E-state index is 14.4. The minimum atomic E-state index is -0.534. The fourth-order valence-corrected chi connectivity index (χ4v) is 3.25. The van der Waals surface area contributed by atoms with Gasteiger partial charge in [0.1, 0.15) is 11.6 Å². The second-order valence-corrected chi connectivity index (χ2v) is 7.48. The first kappa shape index (κ1) is 20.5. The molecule has 0 saturated carbocycles. The number of H-pyrrole nitrogens is 1. The zero-order chi connectivity index (χ0) is 22.0. The fourth-order valence-electron chi connectivity index (χ4n) is 3.08. The lowest BCUT2D eigenvalue weighted by atomic mass is 10.0. The van der Waals surface area contributed by atoms with E-state index >= 15 is 0 Å². The number of anilines is 4. The molecule has 0 aliphatic heterocycles. The van der Waals surface area contributed by atoms with Crippen LogP contribution in [0.3, 0.4) is 0 Å². The Morgan fingerprint density at radius 1 is 1.13 bits per heavy atom. The highest BCUT2D eigenvalue weighted by Gasteiger charge is 2.16. The average molecular weight is 441 g/mol. The van der Waals surface area contributed by atoms with Crippen molar-refractivity contribution in [2.24, 2.45) is 0 Å². The van der Waals surface area contributed by atoms with E-state index in [0.717, 1.165) is 0 Å². The third kappa shape index (κ3) is 4.56. The summed E-state index contributed by atoms with van der Waals surface area (Å²) in [6, 6.07) is 9.42. The summed E-state index contributed by atoms with van der Waals surface area (Å²) in [5.74, 6) is -0.0507. The second-order valence-electron chi connectivity index (χ2n) is 7.04. The molecule has 4 aromatic rings. The lowest BCUT2D eigenvalue weighted by Crippen LogP contribution is -2.15. The Morgan fingerprint density at radius 2 is 1.97 bits per heavy atom. The molecule has 0 spiro atoms. The van der Waals surface area contributed by atoms with Crippen LogP contribution in [0.25, 0.3) is 11.1 Å². The SMILES string of the molecule is CC(C)c1[nH]c(=O)c(-c2cc(Cl)ccc2F)cc1Nc1ccnc(Nc2nnco2)c1. The number of nitrogens with zero attached hydrogens (tertiary/aromatic N) is 3. The number of hydrogen-bond acceptors (Lipinski definition) is 7. The molecule has 0 aliphatic rings. The summed E-state index contributed by atoms with van der Waals surface area (Å²) >= 11 is 6.02. The van der Waals surface area contributed by atoms with Crippen molar-refractivity contribution in [2.75, 3.05) is 10.6 Å². The topological polar surface area (TPSA) is 109 Å². The Labute approximate surface area is 181 Å². The summed E-state index contributed by atoms with van der Waals surface area (Å²) in [4.78, 5) is 19.8. The van der Waals surface area contributed by atoms with E-state index in [1.165, 1.54) is 24.6 Å². The van der Waals surface area contributed by atoms with Gasteiger partial charge in [0.15, 0.2) is 0 Å². The van der Waals surface area contributed by atoms with Crippen molar-refractivity contribution in [1.82, 2.24) is 20.2 Å². The van der Waals surface area contributed by atoms with Gasteiger partial charge in [-0.2, -0.15) is 0 Å². The van der Waals surface area contributed by atoms with E-state index in [1.54, 1.807) is 24.4 Å². The van der Waals surface area contributed by atoms with Crippen LogP contribution in [0.5, 0.6) is 0 Å². The standard InChI is InChI=1S/C21H18ClFN6O2/c1-11(2)19-17(9-15(20(30)28-19)14-7-12(22)3-4-16(14)23)26-13-5-6-24-18(8-13)27-21-29-25-10-31-21/h3-11H,1-2H3,(H,28,30)(H2,24,26,27,29). The van der Waals surface area contributed by atoms with Gasteiger partial charge in [-0.15, -0.1) is 5.10 Å². The smallest absolute Gasteiger partial charge is 0.321 e. The summed E-state index contributed by atoms with van der Waals surface area (Å²) in [5, 5.41) is 13.9. The largest absolute Gasteiger partial charge is 0.411 e. The minimum absolute atomic E-state index is 0.00582. The molecule has 1 aromatic carbocycles. The molecule has 4 rings (SSSR count). The Bertz CT molecular complexity index is 1270. The molecule has 0 atom stereocenters. The lowest BCUT2D eigenvalue weighted by molar-refractivity contribution is 0.571. The van der Waals surface area contributed by atoms with Crippen molar-refractivity contribution in [3.05, 3.63) is 75.9 Å². The summed E-state index contributed by atoms with van der Waals surface area (Å²) in [7, 11) is 0. The van der Waals surface area contributed by atoms with Crippen molar-refractivity contribution in [2.45, 2.75) is 19.8 Å². The third-order valence-corrected chi connectivity index (χ3v) is 4.74. The Balaban J connectivity index is 1.74. The first-order chi connectivity index (χ1) is 14.9. The maximum Gasteiger partial charge on any atom is 0.321 e. The maximum absolute atomic E-state index is 14.4. The molecule has 0 radical (unpaired) electrons. The number of rotatable bonds is 6. The summed E-state index contributed by atoms with van der Waals surface area (Å²) in [6.07, 6.45) is 2.80. The monoisotopic (exact) mass is 440 g/mol. The Hall–Kier alpha value is -3.72. The van der Waals surface area contributed by atoms with Crippen LogP contribution in [-0.4, -0.2) is 20.2 Å². The van der Waals surface area contributed by atoms with Gasteiger partial charge in [0.25, 0.3) is 5.56 Å². The molecule has 0 fully saturated rings. The summed E-state index contributed by atoms with van der Waals surface area (Å²) < 4.78 is 19.5. The van der Waals surface area contributed by atoms with Crippen molar-refractivity contribution >= 4 is 34.8 Å². The van der Waals surface area contributed by atoms with Crippen molar-refractivity contribution in [3.8, 4) is 11.1 Å². The van der Waals surface area contributed by atoms with Crippen LogP contribution in [0.2, 0.25) is 5.02 Å². The Kier molecular flexibility index (Phi) is 5.68. The zero-order valence-electron chi connectivity index (χ0n) is 16.6. The first-order valence-corrected chi connectivity index (χ1v) is 9.77. The van der Waals surface area contributed by atoms with E-state index in [4.69, 9.17) is 16.0 Å². The number of hydrogen-bond donors (Lipinski definition) is 3. The molecule has 0 saturated heterocycles. The van der Waals surface area contributed by atoms with Crippen LogP contribution in [0.1, 0.15) is 25.5 Å². The van der Waals surface area contributed by atoms with E-state index in [2.05, 4.69) is 30.8 Å². The van der Waals surface area contributed by atoms with E-state index in [-0.39, 0.29) is 23.1 Å². The second kappa shape index (κ2) is 8.57. The summed E-state index contributed by atoms with van der Waals surface area (Å²) in [5.41, 5.74) is 1.89. The van der Waals surface area contributed by atoms with Crippen LogP contribution in [0, 0.1) is 5.82 Å². The molecule has 31 heavy (non-hydrogen) atoms. The molecule has 3 aromatic heterocycles. The number of pyridine rings is 2. The van der Waals surface area contributed by atoms with Crippen LogP contribution in [0.15, 0.2) is 58.2 Å². The molecular formula is C21H18ClFN6O2. The zero-order valence-corrected chi connectivity index (χ0v) is 17.4. The van der Waals surface area contributed by atoms with Crippen LogP contribution < -0.4 is 16.2 Å². The summed E-state index contributed by atoms with van der Waals surface area (Å²) in [6.45, 7) is 3.90. The molecule has 158 valence electrons. The molecule has 0 amide bonds. The molecule has 0 aliphatic carbocycles. The minimum Gasteiger partial charge on any atom is -0.411 e. The quantitative estimate of drug-likeness (QED) is 0.377. The van der Waals surface area contributed by atoms with Gasteiger partial charge >= 0.3 is 6.01 Å². The normalized spacial score (nSPS) is 11.0. The molecule has 0 unspecified atom stereocenters. The van der Waals surface area contributed by atoms with E-state index in [1.807, 2.05) is 13.8 Å². The molecule has 3 heterocycles. The van der Waals surface area contributed by atoms with Crippen LogP contribution in [-0.2, 0) is 0 Å². The molecule has 10 heteroatoms. The van der Waals surface area contributed by atoms with E-state index < -0.39 is 11.4 Å². The highest BCUT2D eigenvalue weighted by Crippen LogP contribution is 2.31. The molecular weight excluding hydrogens is 423 g/mol. The Morgan fingerprint density at radius 3 is 2.71 bits per heavy atom. The highest BCUT2D eigenvalue weighted by molar-refractivity contribution is 6.30. The first-order valence-electron chi connectivity index (χ1n) is 9.39. The van der Waals surface area contributed by atoms with Gasteiger partial charge in [0.05, 0.1) is 11.3 Å². The lowest BCUT2D eigenvalue weighted by Gasteiger charge is -2.17. The molecule has 8 nitrogen and oxygen atoms in total. The van der Waals surface area contributed by atoms with Gasteiger partial charge in [-0.05, 0) is 36.2 Å². The van der Waals surface area contributed by atoms with Crippen molar-refractivity contribution in [1.29, 1.82) is 0 Å². The number of aromatic amines is 1.